The highest BCUT2D eigenvalue weighted by Gasteiger charge is 2.26. The van der Waals surface area contributed by atoms with Crippen LogP contribution >= 0.6 is 23.4 Å². The third-order valence-corrected chi connectivity index (χ3v) is 4.47. The molecule has 5 nitrogen and oxygen atoms in total. The zero-order valence-electron chi connectivity index (χ0n) is 14.9. The van der Waals surface area contributed by atoms with Gasteiger partial charge in [-0.15, -0.1) is 0 Å². The molecule has 0 aromatic carbocycles. The molecule has 1 aromatic heterocycles. The first kappa shape index (κ1) is 23.3. The van der Waals surface area contributed by atoms with E-state index in [1.165, 1.54) is 11.1 Å². The van der Waals surface area contributed by atoms with Gasteiger partial charge in [-0.25, -0.2) is 0 Å². The molecule has 0 saturated heterocycles. The van der Waals surface area contributed by atoms with Crippen molar-refractivity contribution in [3.8, 4) is 0 Å². The predicted molar refractivity (Wildman–Crippen MR) is 104 cm³/mol. The summed E-state index contributed by atoms with van der Waals surface area (Å²) in [5, 5.41) is 10.4. The van der Waals surface area contributed by atoms with Crippen LogP contribution in [0.3, 0.4) is 0 Å². The van der Waals surface area contributed by atoms with Gasteiger partial charge < -0.3 is 10.2 Å². The van der Waals surface area contributed by atoms with Crippen LogP contribution < -0.4 is 5.32 Å². The highest BCUT2D eigenvalue weighted by atomic mass is 35.5. The average molecular weight is 423 g/mol. The van der Waals surface area contributed by atoms with Gasteiger partial charge in [0.1, 0.15) is 5.17 Å². The summed E-state index contributed by atoms with van der Waals surface area (Å²) < 4.78 is 36.4. The van der Waals surface area contributed by atoms with Crippen LogP contribution in [0.4, 0.5) is 18.9 Å². The lowest BCUT2D eigenvalue weighted by Gasteiger charge is -2.24. The molecule has 27 heavy (non-hydrogen) atoms. The van der Waals surface area contributed by atoms with Crippen LogP contribution in [0.25, 0.3) is 0 Å². The van der Waals surface area contributed by atoms with Gasteiger partial charge in [0.25, 0.3) is 0 Å². The molecule has 0 aliphatic carbocycles. The molecule has 0 unspecified atom stereocenters. The molecule has 1 heterocycles. The largest absolute Gasteiger partial charge is 0.389 e. The zero-order chi connectivity index (χ0) is 20.3. The summed E-state index contributed by atoms with van der Waals surface area (Å²) in [6.45, 7) is 2.23. The number of amides is 1. The van der Waals surface area contributed by atoms with Gasteiger partial charge in [-0.1, -0.05) is 18.5 Å². The summed E-state index contributed by atoms with van der Waals surface area (Å²) in [5.74, 6) is -0.101. The molecule has 0 aliphatic heterocycles. The Balaban J connectivity index is 2.70. The first-order chi connectivity index (χ1) is 12.7. The summed E-state index contributed by atoms with van der Waals surface area (Å²) in [6, 6.07) is 3.50. The zero-order valence-corrected chi connectivity index (χ0v) is 16.4. The van der Waals surface area contributed by atoms with E-state index in [-0.39, 0.29) is 34.7 Å². The number of pyridine rings is 1. The van der Waals surface area contributed by atoms with E-state index in [9.17, 15) is 18.0 Å². The van der Waals surface area contributed by atoms with Gasteiger partial charge in [-0.05, 0) is 18.6 Å². The summed E-state index contributed by atoms with van der Waals surface area (Å²) in [7, 11) is 0. The minimum absolute atomic E-state index is 0.0664. The van der Waals surface area contributed by atoms with Gasteiger partial charge in [-0.3, -0.25) is 15.2 Å². The quantitative estimate of drug-likeness (QED) is 0.394. The smallest absolute Gasteiger partial charge is 0.358 e. The Morgan fingerprint density at radius 1 is 1.44 bits per heavy atom. The molecule has 10 heteroatoms. The number of allylic oxidation sites excluding steroid dienone is 1. The molecule has 1 rings (SSSR count). The molecule has 0 saturated carbocycles. The molecular formula is C17H22ClF3N4OS. The van der Waals surface area contributed by atoms with E-state index in [1.54, 1.807) is 24.5 Å². The van der Waals surface area contributed by atoms with E-state index in [4.69, 9.17) is 17.0 Å². The fourth-order valence-corrected chi connectivity index (χ4v) is 3.10. The van der Waals surface area contributed by atoms with Crippen LogP contribution in [-0.4, -0.2) is 45.2 Å². The second-order valence-corrected chi connectivity index (χ2v) is 7.11. The van der Waals surface area contributed by atoms with Gasteiger partial charge in [-0.2, -0.15) is 24.9 Å². The molecule has 150 valence electrons. The first-order valence-corrected chi connectivity index (χ1v) is 9.84. The minimum Gasteiger partial charge on any atom is -0.358 e. The molecule has 1 aromatic rings. The maximum Gasteiger partial charge on any atom is 0.389 e. The van der Waals surface area contributed by atoms with Gasteiger partial charge in [0.05, 0.1) is 24.0 Å². The highest BCUT2D eigenvalue weighted by Crippen LogP contribution is 2.22. The molecule has 0 spiro atoms. The lowest BCUT2D eigenvalue weighted by molar-refractivity contribution is -0.129. The fraction of sp³-hybridized carbons (Fsp3) is 0.471. The van der Waals surface area contributed by atoms with Crippen molar-refractivity contribution in [3.63, 3.8) is 0 Å². The van der Waals surface area contributed by atoms with E-state index in [0.717, 1.165) is 11.8 Å². The van der Waals surface area contributed by atoms with E-state index in [0.29, 0.717) is 18.7 Å². The number of nitrogens with zero attached hydrogens (tertiary/aromatic N) is 2. The summed E-state index contributed by atoms with van der Waals surface area (Å²) >= 11 is 6.93. The number of carbonyl (C=O) groups excluding carboxylic acids is 1. The maximum absolute atomic E-state index is 12.5. The maximum atomic E-state index is 12.5. The SMILES string of the molecule is CCCN(C(=O)CCSCCC(F)(F)F)/C(=C/Nc1cccnc1)C(=N)Cl. The van der Waals surface area contributed by atoms with Gasteiger partial charge in [0.2, 0.25) is 5.91 Å². The van der Waals surface area contributed by atoms with Crippen LogP contribution in [0.5, 0.6) is 0 Å². The number of rotatable bonds is 11. The number of halogens is 4. The van der Waals surface area contributed by atoms with Crippen molar-refractivity contribution in [2.75, 3.05) is 23.4 Å². The molecule has 0 radical (unpaired) electrons. The summed E-state index contributed by atoms with van der Waals surface area (Å²) in [6.07, 6.45) is 0.289. The number of carbonyl (C=O) groups is 1. The Morgan fingerprint density at radius 2 is 2.19 bits per heavy atom. The first-order valence-electron chi connectivity index (χ1n) is 8.30. The Kier molecular flexibility index (Phi) is 10.2. The topological polar surface area (TPSA) is 69.1 Å². The number of hydrogen-bond acceptors (Lipinski definition) is 5. The Bertz CT molecular complexity index is 641. The van der Waals surface area contributed by atoms with Gasteiger partial charge in [0.15, 0.2) is 0 Å². The van der Waals surface area contributed by atoms with Crippen LogP contribution in [0, 0.1) is 5.41 Å². The van der Waals surface area contributed by atoms with Gasteiger partial charge in [0, 0.05) is 36.9 Å². The lowest BCUT2D eigenvalue weighted by atomic mass is 10.3. The monoisotopic (exact) mass is 422 g/mol. The number of thioether (sulfide) groups is 1. The van der Waals surface area contributed by atoms with Crippen LogP contribution in [0.1, 0.15) is 26.2 Å². The van der Waals surface area contributed by atoms with Crippen LogP contribution in [0.2, 0.25) is 0 Å². The number of anilines is 1. The fourth-order valence-electron chi connectivity index (χ4n) is 2.05. The van der Waals surface area contributed by atoms with Crippen LogP contribution in [0.15, 0.2) is 36.4 Å². The van der Waals surface area contributed by atoms with E-state index >= 15 is 0 Å². The second-order valence-electron chi connectivity index (χ2n) is 5.50. The molecule has 0 atom stereocenters. The normalized spacial score (nSPS) is 12.0. The van der Waals surface area contributed by atoms with E-state index in [2.05, 4.69) is 10.3 Å². The standard InChI is InChI=1S/C17H22ClF3N4OS/c1-2-8-25(15(26)5-9-27-10-6-17(19,20)21)14(16(18)22)12-24-13-4-3-7-23-11-13/h3-4,7,11-12,22,24H,2,5-6,8-10H2,1H3/b14-12+,22-16?. The highest BCUT2D eigenvalue weighted by molar-refractivity contribution is 7.99. The third kappa shape index (κ3) is 9.67. The predicted octanol–water partition coefficient (Wildman–Crippen LogP) is 4.87. The number of hydrogen-bond donors (Lipinski definition) is 2. The molecule has 0 fully saturated rings. The van der Waals surface area contributed by atoms with Crippen molar-refractivity contribution in [2.45, 2.75) is 32.4 Å². The Morgan fingerprint density at radius 3 is 2.74 bits per heavy atom. The average Bonchev–Trinajstić information content (AvgIpc) is 2.60. The molecule has 1 amide bonds. The molecule has 0 aliphatic rings. The van der Waals surface area contributed by atoms with Gasteiger partial charge >= 0.3 is 6.18 Å². The van der Waals surface area contributed by atoms with E-state index in [1.807, 2.05) is 6.92 Å². The molecule has 0 bridgehead atoms. The number of nitrogens with one attached hydrogen (secondary N) is 2. The summed E-state index contributed by atoms with van der Waals surface area (Å²) in [5.41, 5.74) is 0.868. The van der Waals surface area contributed by atoms with Crippen molar-refractivity contribution in [1.29, 1.82) is 5.41 Å². The molecule has 2 N–H and O–H groups in total. The van der Waals surface area contributed by atoms with Crippen molar-refractivity contribution in [2.24, 2.45) is 0 Å². The van der Waals surface area contributed by atoms with Crippen molar-refractivity contribution < 1.29 is 18.0 Å². The third-order valence-electron chi connectivity index (χ3n) is 3.29. The van der Waals surface area contributed by atoms with Crippen molar-refractivity contribution in [3.05, 3.63) is 36.4 Å². The minimum atomic E-state index is -4.19. The Hall–Kier alpha value is -1.74. The Labute approximate surface area is 165 Å². The van der Waals surface area contributed by atoms with Crippen molar-refractivity contribution in [1.82, 2.24) is 9.88 Å². The van der Waals surface area contributed by atoms with Crippen molar-refractivity contribution >= 4 is 40.1 Å². The number of aromatic nitrogens is 1. The lowest BCUT2D eigenvalue weighted by Crippen LogP contribution is -2.34. The second kappa shape index (κ2) is 11.9. The summed E-state index contributed by atoms with van der Waals surface area (Å²) in [4.78, 5) is 17.8. The molecular weight excluding hydrogens is 401 g/mol. The number of alkyl halides is 3. The van der Waals surface area contributed by atoms with Crippen LogP contribution in [-0.2, 0) is 4.79 Å². The van der Waals surface area contributed by atoms with E-state index < -0.39 is 12.6 Å².